The molecule has 0 unspecified atom stereocenters. The average Bonchev–Trinajstić information content (AvgIpc) is 2.73. The highest BCUT2D eigenvalue weighted by atomic mass is 16.5. The lowest BCUT2D eigenvalue weighted by Crippen LogP contribution is -2.47. The third kappa shape index (κ3) is 6.95. The van der Waals surface area contributed by atoms with Crippen LogP contribution in [0.2, 0.25) is 0 Å². The van der Waals surface area contributed by atoms with Crippen molar-refractivity contribution >= 4 is 5.91 Å². The number of rotatable bonds is 8. The molecule has 31 heavy (non-hydrogen) atoms. The Hall–Kier alpha value is -1.59. The molecule has 0 spiro atoms. The highest BCUT2D eigenvalue weighted by molar-refractivity contribution is 5.79. The van der Waals surface area contributed by atoms with E-state index in [9.17, 15) is 4.79 Å². The molecule has 2 heterocycles. The molecule has 0 aromatic heterocycles. The van der Waals surface area contributed by atoms with Gasteiger partial charge in [0.25, 0.3) is 0 Å². The number of carbonyl (C=O) groups excluding carboxylic acids is 1. The van der Waals surface area contributed by atoms with Crippen molar-refractivity contribution in [2.75, 3.05) is 39.9 Å². The minimum Gasteiger partial charge on any atom is -0.496 e. The van der Waals surface area contributed by atoms with Crippen molar-refractivity contribution in [3.8, 4) is 5.75 Å². The van der Waals surface area contributed by atoms with Crippen LogP contribution in [0.1, 0.15) is 58.9 Å². The van der Waals surface area contributed by atoms with Gasteiger partial charge in [-0.1, -0.05) is 32.0 Å². The first-order valence-electron chi connectivity index (χ1n) is 12.0. The summed E-state index contributed by atoms with van der Waals surface area (Å²) in [5.41, 5.74) is 1.06. The van der Waals surface area contributed by atoms with E-state index in [4.69, 9.17) is 9.47 Å². The van der Waals surface area contributed by atoms with E-state index in [-0.39, 0.29) is 11.5 Å². The quantitative estimate of drug-likeness (QED) is 0.605. The van der Waals surface area contributed by atoms with E-state index in [0.29, 0.717) is 24.3 Å². The first-order valence-corrected chi connectivity index (χ1v) is 12.0. The molecular formula is C26H42N2O3. The Morgan fingerprint density at radius 1 is 1.23 bits per heavy atom. The van der Waals surface area contributed by atoms with Crippen LogP contribution in [0.4, 0.5) is 0 Å². The number of nitrogens with zero attached hydrogens (tertiary/aromatic N) is 2. The summed E-state index contributed by atoms with van der Waals surface area (Å²) in [6.45, 7) is 14.2. The number of para-hydroxylation sites is 1. The third-order valence-electron chi connectivity index (χ3n) is 6.72. The van der Waals surface area contributed by atoms with Gasteiger partial charge in [0, 0.05) is 37.7 Å². The summed E-state index contributed by atoms with van der Waals surface area (Å²) in [5, 5.41) is 0. The fourth-order valence-corrected chi connectivity index (χ4v) is 5.11. The van der Waals surface area contributed by atoms with Crippen molar-refractivity contribution < 1.29 is 14.3 Å². The van der Waals surface area contributed by atoms with Gasteiger partial charge < -0.3 is 14.4 Å². The van der Waals surface area contributed by atoms with E-state index in [1.54, 1.807) is 7.11 Å². The van der Waals surface area contributed by atoms with E-state index >= 15 is 0 Å². The number of amides is 1. The van der Waals surface area contributed by atoms with Crippen molar-refractivity contribution in [1.29, 1.82) is 0 Å². The normalized spacial score (nSPS) is 22.5. The van der Waals surface area contributed by atoms with Crippen LogP contribution >= 0.6 is 0 Å². The highest BCUT2D eigenvalue weighted by Gasteiger charge is 2.36. The van der Waals surface area contributed by atoms with Crippen LogP contribution in [0.5, 0.6) is 5.75 Å². The molecule has 2 aliphatic heterocycles. The summed E-state index contributed by atoms with van der Waals surface area (Å²) in [5.74, 6) is 2.50. The fraction of sp³-hybridized carbons (Fsp3) is 0.731. The fourth-order valence-electron chi connectivity index (χ4n) is 5.11. The smallest absolute Gasteiger partial charge is 0.225 e. The second-order valence-corrected chi connectivity index (χ2v) is 10.5. The Labute approximate surface area is 189 Å². The molecule has 5 nitrogen and oxygen atoms in total. The molecule has 174 valence electrons. The number of ether oxygens (including phenoxy) is 2. The molecule has 1 aromatic rings. The van der Waals surface area contributed by atoms with E-state index in [1.165, 1.54) is 5.56 Å². The zero-order valence-corrected chi connectivity index (χ0v) is 20.2. The van der Waals surface area contributed by atoms with Crippen molar-refractivity contribution in [2.45, 2.75) is 65.5 Å². The Morgan fingerprint density at radius 2 is 1.94 bits per heavy atom. The van der Waals surface area contributed by atoms with Gasteiger partial charge in [0.1, 0.15) is 5.75 Å². The number of hydrogen-bond donors (Lipinski definition) is 0. The Morgan fingerprint density at radius 3 is 2.58 bits per heavy atom. The van der Waals surface area contributed by atoms with E-state index in [2.05, 4.69) is 49.6 Å². The minimum absolute atomic E-state index is 0.105. The van der Waals surface area contributed by atoms with Crippen LogP contribution in [-0.2, 0) is 16.1 Å². The third-order valence-corrected chi connectivity index (χ3v) is 6.72. The molecule has 0 aliphatic carbocycles. The second-order valence-electron chi connectivity index (χ2n) is 10.5. The molecule has 0 bridgehead atoms. The maximum atomic E-state index is 13.4. The maximum Gasteiger partial charge on any atom is 0.225 e. The molecule has 0 radical (unpaired) electrons. The monoisotopic (exact) mass is 430 g/mol. The lowest BCUT2D eigenvalue weighted by Gasteiger charge is -2.39. The molecule has 0 saturated carbocycles. The van der Waals surface area contributed by atoms with Crippen LogP contribution in [0, 0.1) is 17.8 Å². The topological polar surface area (TPSA) is 42.0 Å². The Kier molecular flexibility index (Phi) is 8.40. The summed E-state index contributed by atoms with van der Waals surface area (Å²) in [4.78, 5) is 18.1. The van der Waals surface area contributed by atoms with E-state index in [0.717, 1.165) is 64.2 Å². The Bertz CT molecular complexity index is 710. The van der Waals surface area contributed by atoms with Crippen LogP contribution in [-0.4, -0.2) is 61.2 Å². The van der Waals surface area contributed by atoms with E-state index < -0.39 is 0 Å². The molecular weight excluding hydrogens is 388 g/mol. The molecule has 0 N–H and O–H groups in total. The number of methoxy groups -OCH3 is 1. The predicted molar refractivity (Wildman–Crippen MR) is 125 cm³/mol. The summed E-state index contributed by atoms with van der Waals surface area (Å²) >= 11 is 0. The standard InChI is InChI=1S/C26H42N2O3/c1-20(2)17-28(25(29)22-12-15-31-26(3,4)16-22)18-21-10-13-27(14-11-21)19-23-8-6-7-9-24(23)30-5/h6-9,20-22H,10-19H2,1-5H3/t22-/m1/s1. The molecule has 2 fully saturated rings. The van der Waals surface area contributed by atoms with Gasteiger partial charge in [0.05, 0.1) is 12.7 Å². The van der Waals surface area contributed by atoms with Gasteiger partial charge in [-0.3, -0.25) is 9.69 Å². The van der Waals surface area contributed by atoms with Gasteiger partial charge in [-0.15, -0.1) is 0 Å². The van der Waals surface area contributed by atoms with Crippen LogP contribution in [0.25, 0.3) is 0 Å². The molecule has 1 aromatic carbocycles. The zero-order chi connectivity index (χ0) is 22.4. The summed E-state index contributed by atoms with van der Waals surface area (Å²) < 4.78 is 11.4. The van der Waals surface area contributed by atoms with Gasteiger partial charge >= 0.3 is 0 Å². The second kappa shape index (κ2) is 10.8. The largest absolute Gasteiger partial charge is 0.496 e. The predicted octanol–water partition coefficient (Wildman–Crippen LogP) is 4.60. The van der Waals surface area contributed by atoms with Gasteiger partial charge in [0.2, 0.25) is 5.91 Å². The number of benzene rings is 1. The zero-order valence-electron chi connectivity index (χ0n) is 20.2. The van der Waals surface area contributed by atoms with Crippen molar-refractivity contribution in [3.63, 3.8) is 0 Å². The lowest BCUT2D eigenvalue weighted by atomic mass is 9.86. The maximum absolute atomic E-state index is 13.4. The number of piperidine rings is 1. The number of carbonyl (C=O) groups is 1. The summed E-state index contributed by atoms with van der Waals surface area (Å²) in [7, 11) is 1.74. The van der Waals surface area contributed by atoms with Gasteiger partial charge in [-0.05, 0) is 70.5 Å². The van der Waals surface area contributed by atoms with Crippen LogP contribution < -0.4 is 4.74 Å². The lowest BCUT2D eigenvalue weighted by molar-refractivity contribution is -0.146. The van der Waals surface area contributed by atoms with E-state index in [1.807, 2.05) is 12.1 Å². The molecule has 1 amide bonds. The summed E-state index contributed by atoms with van der Waals surface area (Å²) in [6.07, 6.45) is 3.98. The van der Waals surface area contributed by atoms with Crippen molar-refractivity contribution in [2.24, 2.45) is 17.8 Å². The summed E-state index contributed by atoms with van der Waals surface area (Å²) in [6, 6.07) is 8.30. The van der Waals surface area contributed by atoms with Crippen molar-refractivity contribution in [1.82, 2.24) is 9.80 Å². The van der Waals surface area contributed by atoms with Crippen LogP contribution in [0.15, 0.2) is 24.3 Å². The first kappa shape index (κ1) is 24.1. The molecule has 5 heteroatoms. The van der Waals surface area contributed by atoms with Gasteiger partial charge in [-0.25, -0.2) is 0 Å². The number of likely N-dealkylation sites (tertiary alicyclic amines) is 1. The van der Waals surface area contributed by atoms with Crippen molar-refractivity contribution in [3.05, 3.63) is 29.8 Å². The van der Waals surface area contributed by atoms with Gasteiger partial charge in [-0.2, -0.15) is 0 Å². The highest BCUT2D eigenvalue weighted by Crippen LogP contribution is 2.31. The number of hydrogen-bond acceptors (Lipinski definition) is 4. The molecule has 2 saturated heterocycles. The molecule has 1 atom stereocenters. The first-order chi connectivity index (χ1) is 14.8. The SMILES string of the molecule is COc1ccccc1CN1CCC(CN(CC(C)C)C(=O)[C@@H]2CCOC(C)(C)C2)CC1. The molecule has 3 rings (SSSR count). The van der Waals surface area contributed by atoms with Crippen LogP contribution in [0.3, 0.4) is 0 Å². The molecule has 2 aliphatic rings. The Balaban J connectivity index is 1.55. The van der Waals surface area contributed by atoms with Gasteiger partial charge in [0.15, 0.2) is 0 Å². The minimum atomic E-state index is -0.189. The average molecular weight is 431 g/mol.